The number of rotatable bonds is 5. The van der Waals surface area contributed by atoms with Crippen molar-refractivity contribution in [1.82, 2.24) is 5.32 Å². The first kappa shape index (κ1) is 15.5. The summed E-state index contributed by atoms with van der Waals surface area (Å²) in [5.74, 6) is 1.64. The molecule has 0 saturated heterocycles. The molecule has 0 heterocycles. The molecule has 0 spiro atoms. The minimum absolute atomic E-state index is 0.0176. The Hall–Kier alpha value is -1.87. The van der Waals surface area contributed by atoms with Crippen LogP contribution in [0.1, 0.15) is 43.9 Å². The summed E-state index contributed by atoms with van der Waals surface area (Å²) in [7, 11) is 1.85. The average Bonchev–Trinajstić information content (AvgIpc) is 2.48. The molecule has 0 aliphatic heterocycles. The molecule has 21 heavy (non-hydrogen) atoms. The molecule has 1 atom stereocenters. The van der Waals surface area contributed by atoms with Crippen molar-refractivity contribution in [2.45, 2.75) is 32.7 Å². The Morgan fingerprint density at radius 1 is 1.05 bits per heavy atom. The van der Waals surface area contributed by atoms with Crippen LogP contribution in [0, 0.1) is 5.82 Å². The Labute approximate surface area is 126 Å². The van der Waals surface area contributed by atoms with E-state index in [0.717, 1.165) is 11.3 Å². The van der Waals surface area contributed by atoms with Crippen molar-refractivity contribution in [2.24, 2.45) is 0 Å². The summed E-state index contributed by atoms with van der Waals surface area (Å²) in [6, 6.07) is 12.7. The van der Waals surface area contributed by atoms with Crippen LogP contribution in [0.3, 0.4) is 0 Å². The zero-order valence-electron chi connectivity index (χ0n) is 13.0. The van der Waals surface area contributed by atoms with E-state index in [1.165, 1.54) is 17.7 Å². The zero-order chi connectivity index (χ0) is 15.4. The van der Waals surface area contributed by atoms with Crippen molar-refractivity contribution in [3.63, 3.8) is 0 Å². The van der Waals surface area contributed by atoms with Crippen molar-refractivity contribution in [2.75, 3.05) is 7.05 Å². The monoisotopic (exact) mass is 287 g/mol. The molecular formula is C18H22FNO. The molecule has 3 heteroatoms. The molecule has 2 aromatic rings. The van der Waals surface area contributed by atoms with Gasteiger partial charge in [-0.15, -0.1) is 0 Å². The maximum absolute atomic E-state index is 13.5. The van der Waals surface area contributed by atoms with Crippen LogP contribution in [0.4, 0.5) is 4.39 Å². The molecule has 2 nitrogen and oxygen atoms in total. The normalized spacial score (nSPS) is 12.5. The minimum atomic E-state index is -0.254. The summed E-state index contributed by atoms with van der Waals surface area (Å²) < 4.78 is 19.4. The lowest BCUT2D eigenvalue weighted by molar-refractivity contribution is 0.462. The van der Waals surface area contributed by atoms with Crippen LogP contribution in [-0.4, -0.2) is 7.05 Å². The Morgan fingerprint density at radius 2 is 1.81 bits per heavy atom. The van der Waals surface area contributed by atoms with E-state index in [2.05, 4.69) is 25.2 Å². The van der Waals surface area contributed by atoms with Gasteiger partial charge in [0.05, 0.1) is 0 Å². The molecule has 0 bridgehead atoms. The van der Waals surface area contributed by atoms with E-state index in [9.17, 15) is 4.39 Å². The summed E-state index contributed by atoms with van der Waals surface area (Å²) in [4.78, 5) is 0. The summed E-state index contributed by atoms with van der Waals surface area (Å²) >= 11 is 0. The van der Waals surface area contributed by atoms with Gasteiger partial charge in [-0.05, 0) is 55.8 Å². The van der Waals surface area contributed by atoms with E-state index in [0.29, 0.717) is 11.7 Å². The van der Waals surface area contributed by atoms with E-state index in [1.54, 1.807) is 6.07 Å². The number of hydrogen-bond acceptors (Lipinski definition) is 2. The predicted octanol–water partition coefficient (Wildman–Crippen LogP) is 5.02. The molecule has 0 aromatic heterocycles. The predicted molar refractivity (Wildman–Crippen MR) is 84.5 cm³/mol. The van der Waals surface area contributed by atoms with Gasteiger partial charge in [0.15, 0.2) is 0 Å². The van der Waals surface area contributed by atoms with Crippen LogP contribution in [0.2, 0.25) is 0 Å². The Morgan fingerprint density at radius 3 is 2.48 bits per heavy atom. The molecular weight excluding hydrogens is 265 g/mol. The second kappa shape index (κ2) is 6.72. The van der Waals surface area contributed by atoms with Crippen LogP contribution in [0.5, 0.6) is 11.5 Å². The summed E-state index contributed by atoms with van der Waals surface area (Å²) in [6.45, 7) is 6.27. The van der Waals surface area contributed by atoms with Crippen molar-refractivity contribution in [3.8, 4) is 11.5 Å². The summed E-state index contributed by atoms with van der Waals surface area (Å²) in [5.41, 5.74) is 2.03. The van der Waals surface area contributed by atoms with E-state index >= 15 is 0 Å². The molecule has 1 N–H and O–H groups in total. The van der Waals surface area contributed by atoms with Gasteiger partial charge in [-0.3, -0.25) is 0 Å². The van der Waals surface area contributed by atoms with Crippen molar-refractivity contribution in [3.05, 3.63) is 59.4 Å². The van der Waals surface area contributed by atoms with Gasteiger partial charge in [0.25, 0.3) is 0 Å². The van der Waals surface area contributed by atoms with Gasteiger partial charge in [0.2, 0.25) is 0 Å². The van der Waals surface area contributed by atoms with Gasteiger partial charge in [0, 0.05) is 11.6 Å². The molecule has 0 radical (unpaired) electrons. The van der Waals surface area contributed by atoms with Gasteiger partial charge in [-0.2, -0.15) is 0 Å². The van der Waals surface area contributed by atoms with Gasteiger partial charge >= 0.3 is 0 Å². The second-order valence-electron chi connectivity index (χ2n) is 5.52. The first-order valence-corrected chi connectivity index (χ1v) is 7.25. The molecule has 2 rings (SSSR count). The van der Waals surface area contributed by atoms with Crippen LogP contribution in [0.25, 0.3) is 0 Å². The van der Waals surface area contributed by atoms with E-state index in [4.69, 9.17) is 4.74 Å². The van der Waals surface area contributed by atoms with Gasteiger partial charge in [-0.25, -0.2) is 4.39 Å². The third-order valence-corrected chi connectivity index (χ3v) is 3.62. The molecule has 0 fully saturated rings. The molecule has 2 aromatic carbocycles. The van der Waals surface area contributed by atoms with E-state index in [1.807, 2.05) is 32.2 Å². The first-order valence-electron chi connectivity index (χ1n) is 7.25. The lowest BCUT2D eigenvalue weighted by atomic mass is 10.0. The van der Waals surface area contributed by atoms with Crippen LogP contribution in [-0.2, 0) is 0 Å². The van der Waals surface area contributed by atoms with Gasteiger partial charge in [-0.1, -0.05) is 26.0 Å². The third kappa shape index (κ3) is 3.82. The van der Waals surface area contributed by atoms with Crippen LogP contribution < -0.4 is 10.1 Å². The third-order valence-electron chi connectivity index (χ3n) is 3.62. The van der Waals surface area contributed by atoms with E-state index < -0.39 is 0 Å². The molecule has 0 aliphatic rings. The quantitative estimate of drug-likeness (QED) is 0.833. The lowest BCUT2D eigenvalue weighted by Crippen LogP contribution is -2.13. The summed E-state index contributed by atoms with van der Waals surface area (Å²) in [6.07, 6.45) is 0. The highest BCUT2D eigenvalue weighted by Crippen LogP contribution is 2.31. The maximum Gasteiger partial charge on any atom is 0.132 e. The first-order chi connectivity index (χ1) is 10.0. The fraction of sp³-hybridized carbons (Fsp3) is 0.333. The van der Waals surface area contributed by atoms with Crippen molar-refractivity contribution >= 4 is 0 Å². The molecule has 112 valence electrons. The fourth-order valence-corrected chi connectivity index (χ4v) is 2.17. The maximum atomic E-state index is 13.5. The second-order valence-corrected chi connectivity index (χ2v) is 5.52. The Bertz CT molecular complexity index is 610. The standard InChI is InChI=1S/C18H22FNO/c1-12(2)14-6-5-7-16(10-14)21-18-9-8-15(19)11-17(18)13(3)20-4/h5-13,20H,1-4H3. The Balaban J connectivity index is 2.33. The van der Waals surface area contributed by atoms with Crippen molar-refractivity contribution in [1.29, 1.82) is 0 Å². The minimum Gasteiger partial charge on any atom is -0.457 e. The van der Waals surface area contributed by atoms with Crippen LogP contribution in [0.15, 0.2) is 42.5 Å². The Kier molecular flexibility index (Phi) is 4.97. The zero-order valence-corrected chi connectivity index (χ0v) is 13.0. The van der Waals surface area contributed by atoms with Gasteiger partial charge < -0.3 is 10.1 Å². The topological polar surface area (TPSA) is 21.3 Å². The highest BCUT2D eigenvalue weighted by molar-refractivity contribution is 5.41. The summed E-state index contributed by atoms with van der Waals surface area (Å²) in [5, 5.41) is 3.12. The number of benzene rings is 2. The van der Waals surface area contributed by atoms with Gasteiger partial charge in [0.1, 0.15) is 17.3 Å². The smallest absolute Gasteiger partial charge is 0.132 e. The fourth-order valence-electron chi connectivity index (χ4n) is 2.17. The number of halogens is 1. The largest absolute Gasteiger partial charge is 0.457 e. The molecule has 0 aliphatic carbocycles. The number of hydrogen-bond donors (Lipinski definition) is 1. The highest BCUT2D eigenvalue weighted by Gasteiger charge is 2.12. The van der Waals surface area contributed by atoms with Crippen molar-refractivity contribution < 1.29 is 9.13 Å². The highest BCUT2D eigenvalue weighted by atomic mass is 19.1. The average molecular weight is 287 g/mol. The molecule has 0 amide bonds. The SMILES string of the molecule is CNC(C)c1cc(F)ccc1Oc1cccc(C(C)C)c1. The number of ether oxygens (including phenoxy) is 1. The van der Waals surface area contributed by atoms with E-state index in [-0.39, 0.29) is 11.9 Å². The lowest BCUT2D eigenvalue weighted by Gasteiger charge is -2.17. The molecule has 1 unspecified atom stereocenters. The van der Waals surface area contributed by atoms with Crippen LogP contribution >= 0.6 is 0 Å². The number of nitrogens with one attached hydrogen (secondary N) is 1. The molecule has 0 saturated carbocycles.